The van der Waals surface area contributed by atoms with Gasteiger partial charge in [0.05, 0.1) is 5.39 Å². The molecule has 1 aromatic carbocycles. The van der Waals surface area contributed by atoms with Crippen LogP contribution in [0, 0.1) is 13.8 Å². The van der Waals surface area contributed by atoms with E-state index in [4.69, 9.17) is 4.74 Å². The summed E-state index contributed by atoms with van der Waals surface area (Å²) >= 11 is 1.37. The van der Waals surface area contributed by atoms with Gasteiger partial charge in [-0.1, -0.05) is 6.07 Å². The van der Waals surface area contributed by atoms with E-state index in [9.17, 15) is 23.2 Å². The molecule has 8 nitrogen and oxygen atoms in total. The molecule has 0 aliphatic heterocycles. The molecule has 11 heteroatoms. The zero-order chi connectivity index (χ0) is 22.7. The van der Waals surface area contributed by atoms with E-state index in [1.54, 1.807) is 6.92 Å². The summed E-state index contributed by atoms with van der Waals surface area (Å²) in [5, 5.41) is 2.85. The highest BCUT2D eigenvalue weighted by atomic mass is 32.1. The number of H-pyrrole nitrogens is 1. The lowest BCUT2D eigenvalue weighted by molar-refractivity contribution is -0.147. The number of benzene rings is 1. The molecule has 3 rings (SSSR count). The van der Waals surface area contributed by atoms with Crippen molar-refractivity contribution in [2.24, 2.45) is 0 Å². The third-order valence-corrected chi connectivity index (χ3v) is 5.57. The van der Waals surface area contributed by atoms with E-state index in [1.165, 1.54) is 29.5 Å². The molecule has 0 radical (unpaired) electrons. The third kappa shape index (κ3) is 5.23. The Kier molecular flexibility index (Phi) is 6.64. The van der Waals surface area contributed by atoms with Crippen LogP contribution in [0.25, 0.3) is 10.2 Å². The second-order valence-electron chi connectivity index (χ2n) is 6.64. The minimum absolute atomic E-state index is 0.0406. The first-order chi connectivity index (χ1) is 14.7. The smallest absolute Gasteiger partial charge is 0.387 e. The highest BCUT2D eigenvalue weighted by Gasteiger charge is 2.19. The Morgan fingerprint density at radius 2 is 2.03 bits per heavy atom. The number of nitrogens with one attached hydrogen (secondary N) is 2. The first kappa shape index (κ1) is 22.3. The number of carbonyl (C=O) groups excluding carboxylic acids is 2. The van der Waals surface area contributed by atoms with Crippen LogP contribution in [0.15, 0.2) is 29.1 Å². The van der Waals surface area contributed by atoms with Crippen LogP contribution in [-0.2, 0) is 9.53 Å². The number of halogens is 2. The van der Waals surface area contributed by atoms with Crippen molar-refractivity contribution in [1.29, 1.82) is 0 Å². The maximum Gasteiger partial charge on any atom is 0.387 e. The van der Waals surface area contributed by atoms with Crippen LogP contribution in [0.2, 0.25) is 0 Å². The second-order valence-corrected chi connectivity index (χ2v) is 7.84. The number of aromatic amines is 1. The standard InChI is InChI=1S/C20H19F2N3O5S/c1-9-11(3)31-19-15(9)18(28)24-16(25-19)10(2)29-14(26)8-23-17(27)12-5-4-6-13(7-12)30-20(21)22/h4-7,10,20H,8H2,1-3H3,(H,23,27)(H,24,25,28)/t10-/m0/s1. The predicted octanol–water partition coefficient (Wildman–Crippen LogP) is 3.24. The molecule has 3 aromatic rings. The Balaban J connectivity index is 1.61. The van der Waals surface area contributed by atoms with Gasteiger partial charge in [0.1, 0.15) is 17.1 Å². The third-order valence-electron chi connectivity index (χ3n) is 4.47. The number of nitrogens with zero attached hydrogens (tertiary/aromatic N) is 1. The molecule has 0 bridgehead atoms. The fraction of sp³-hybridized carbons (Fsp3) is 0.300. The number of amides is 1. The number of ether oxygens (including phenoxy) is 2. The quantitative estimate of drug-likeness (QED) is 0.534. The van der Waals surface area contributed by atoms with Crippen molar-refractivity contribution in [1.82, 2.24) is 15.3 Å². The van der Waals surface area contributed by atoms with Crippen molar-refractivity contribution in [3.05, 3.63) is 56.4 Å². The van der Waals surface area contributed by atoms with Crippen LogP contribution < -0.4 is 15.6 Å². The van der Waals surface area contributed by atoms with Crippen molar-refractivity contribution in [2.45, 2.75) is 33.5 Å². The van der Waals surface area contributed by atoms with Crippen molar-refractivity contribution >= 4 is 33.4 Å². The monoisotopic (exact) mass is 451 g/mol. The molecule has 1 atom stereocenters. The molecule has 2 N–H and O–H groups in total. The molecule has 31 heavy (non-hydrogen) atoms. The lowest BCUT2D eigenvalue weighted by atomic mass is 10.2. The van der Waals surface area contributed by atoms with Gasteiger partial charge < -0.3 is 19.8 Å². The molecule has 1 amide bonds. The number of hydrogen-bond donors (Lipinski definition) is 2. The molecule has 0 spiro atoms. The van der Waals surface area contributed by atoms with Crippen molar-refractivity contribution in [2.75, 3.05) is 6.54 Å². The van der Waals surface area contributed by atoms with Crippen molar-refractivity contribution in [3.63, 3.8) is 0 Å². The van der Waals surface area contributed by atoms with E-state index in [0.29, 0.717) is 10.2 Å². The SMILES string of the molecule is Cc1sc2nc([C@H](C)OC(=O)CNC(=O)c3cccc(OC(F)F)c3)[nH]c(=O)c2c1C. The summed E-state index contributed by atoms with van der Waals surface area (Å²) in [6.07, 6.45) is -0.855. The lowest BCUT2D eigenvalue weighted by Crippen LogP contribution is -2.31. The van der Waals surface area contributed by atoms with Crippen molar-refractivity contribution in [3.8, 4) is 5.75 Å². The largest absolute Gasteiger partial charge is 0.453 e. The fourth-order valence-corrected chi connectivity index (χ4v) is 3.86. The normalized spacial score (nSPS) is 12.1. The average Bonchev–Trinajstić information content (AvgIpc) is 2.99. The van der Waals surface area contributed by atoms with E-state index < -0.39 is 31.1 Å². The summed E-state index contributed by atoms with van der Waals surface area (Å²) in [6.45, 7) is 1.79. The summed E-state index contributed by atoms with van der Waals surface area (Å²) in [4.78, 5) is 45.1. The average molecular weight is 451 g/mol. The predicted molar refractivity (Wildman–Crippen MR) is 110 cm³/mol. The van der Waals surface area contributed by atoms with Gasteiger partial charge >= 0.3 is 12.6 Å². The van der Waals surface area contributed by atoms with Gasteiger partial charge in [0, 0.05) is 10.4 Å². The Morgan fingerprint density at radius 1 is 1.29 bits per heavy atom. The second kappa shape index (κ2) is 9.21. The maximum atomic E-state index is 12.3. The highest BCUT2D eigenvalue weighted by molar-refractivity contribution is 7.18. The number of fused-ring (bicyclic) bond motifs is 1. The number of thiophene rings is 1. The Morgan fingerprint density at radius 3 is 2.74 bits per heavy atom. The number of esters is 1. The van der Waals surface area contributed by atoms with Crippen LogP contribution in [-0.4, -0.2) is 35.0 Å². The van der Waals surface area contributed by atoms with Crippen LogP contribution in [0.3, 0.4) is 0 Å². The van der Waals surface area contributed by atoms with Gasteiger partial charge in [0.15, 0.2) is 11.9 Å². The molecule has 0 saturated carbocycles. The van der Waals surface area contributed by atoms with E-state index in [2.05, 4.69) is 20.0 Å². The minimum Gasteiger partial charge on any atom is -0.453 e. The molecule has 2 aromatic heterocycles. The van der Waals surface area contributed by atoms with Crippen LogP contribution in [0.4, 0.5) is 8.78 Å². The van der Waals surface area contributed by atoms with Crippen LogP contribution in [0.5, 0.6) is 5.75 Å². The van der Waals surface area contributed by atoms with E-state index in [-0.39, 0.29) is 22.7 Å². The Hall–Kier alpha value is -3.34. The van der Waals surface area contributed by atoms with Crippen molar-refractivity contribution < 1.29 is 27.8 Å². The number of aryl methyl sites for hydroxylation is 2. The summed E-state index contributed by atoms with van der Waals surface area (Å²) in [5.41, 5.74) is 0.582. The maximum absolute atomic E-state index is 12.3. The number of hydrogen-bond acceptors (Lipinski definition) is 7. The summed E-state index contributed by atoms with van der Waals surface area (Å²) < 4.78 is 34.1. The lowest BCUT2D eigenvalue weighted by Gasteiger charge is -2.13. The summed E-state index contributed by atoms with van der Waals surface area (Å²) in [6, 6.07) is 5.17. The Labute approximate surface area is 179 Å². The molecule has 0 aliphatic rings. The number of alkyl halides is 2. The zero-order valence-corrected chi connectivity index (χ0v) is 17.6. The first-order valence-electron chi connectivity index (χ1n) is 9.18. The zero-order valence-electron chi connectivity index (χ0n) is 16.8. The Bertz CT molecular complexity index is 1190. The van der Waals surface area contributed by atoms with E-state index >= 15 is 0 Å². The molecule has 0 saturated heterocycles. The topological polar surface area (TPSA) is 110 Å². The number of rotatable bonds is 7. The van der Waals surface area contributed by atoms with Gasteiger partial charge in [-0.15, -0.1) is 11.3 Å². The molecule has 0 unspecified atom stereocenters. The number of aromatic nitrogens is 2. The molecular weight excluding hydrogens is 432 g/mol. The minimum atomic E-state index is -3.02. The van der Waals surface area contributed by atoms with Gasteiger partial charge in [-0.2, -0.15) is 8.78 Å². The first-order valence-corrected chi connectivity index (χ1v) is 9.99. The molecule has 2 heterocycles. The van der Waals surface area contributed by atoms with Gasteiger partial charge in [-0.3, -0.25) is 14.4 Å². The van der Waals surface area contributed by atoms with Gasteiger partial charge in [0.2, 0.25) is 0 Å². The fourth-order valence-electron chi connectivity index (χ4n) is 2.83. The molecule has 164 valence electrons. The summed E-state index contributed by atoms with van der Waals surface area (Å²) in [7, 11) is 0. The summed E-state index contributed by atoms with van der Waals surface area (Å²) in [5.74, 6) is -1.41. The van der Waals surface area contributed by atoms with Crippen LogP contribution >= 0.6 is 11.3 Å². The van der Waals surface area contributed by atoms with Gasteiger partial charge in [-0.05, 0) is 44.5 Å². The van der Waals surface area contributed by atoms with E-state index in [1.807, 2.05) is 13.8 Å². The highest BCUT2D eigenvalue weighted by Crippen LogP contribution is 2.26. The molecule has 0 fully saturated rings. The number of carbonyl (C=O) groups is 2. The molecule has 0 aliphatic carbocycles. The van der Waals surface area contributed by atoms with Gasteiger partial charge in [-0.25, -0.2) is 4.98 Å². The molecular formula is C20H19F2N3O5S. The van der Waals surface area contributed by atoms with Crippen LogP contribution in [0.1, 0.15) is 39.7 Å². The van der Waals surface area contributed by atoms with Gasteiger partial charge in [0.25, 0.3) is 11.5 Å². The van der Waals surface area contributed by atoms with E-state index in [0.717, 1.165) is 16.5 Å².